The van der Waals surface area contributed by atoms with Crippen LogP contribution in [0.2, 0.25) is 0 Å². The first kappa shape index (κ1) is 59.5. The predicted molar refractivity (Wildman–Crippen MR) is 295 cm³/mol. The summed E-state index contributed by atoms with van der Waals surface area (Å²) in [4.78, 5) is 74.2. The second-order valence-electron chi connectivity index (χ2n) is 18.9. The van der Waals surface area contributed by atoms with E-state index >= 15 is 0 Å². The fourth-order valence-electron chi connectivity index (χ4n) is 9.19. The zero-order valence-electron chi connectivity index (χ0n) is 42.9. The fourth-order valence-corrected chi connectivity index (χ4v) is 9.80. The largest absolute Gasteiger partial charge is 0.478 e. The molecule has 80 heavy (non-hydrogen) atoms. The maximum absolute atomic E-state index is 14.5. The number of imidazole rings is 4. The number of carbonyl (C=O) groups excluding carboxylic acids is 5. The molecule has 2 aliphatic carbocycles. The molecule has 0 aromatic carbocycles. The molecule has 0 radical (unpaired) electrons. The molecule has 3 N–H and O–H groups in total. The van der Waals surface area contributed by atoms with Gasteiger partial charge in [-0.25, -0.2) is 33.5 Å². The molecule has 0 bridgehead atoms. The van der Waals surface area contributed by atoms with Crippen LogP contribution in [0.25, 0.3) is 22.3 Å². The van der Waals surface area contributed by atoms with Crippen molar-refractivity contribution in [3.63, 3.8) is 0 Å². The van der Waals surface area contributed by atoms with Gasteiger partial charge < -0.3 is 28.4 Å². The summed E-state index contributed by atoms with van der Waals surface area (Å²) in [7, 11) is 0. The Balaban J connectivity index is 0.000000180. The quantitative estimate of drug-likeness (QED) is 0.0854. The third-order valence-corrected chi connectivity index (χ3v) is 14.4. The molecule has 2 saturated carbocycles. The molecule has 10 heterocycles. The van der Waals surface area contributed by atoms with Gasteiger partial charge in [0.05, 0.1) is 81.0 Å². The van der Waals surface area contributed by atoms with Crippen LogP contribution >= 0.6 is 31.9 Å². The molecule has 0 unspecified atom stereocenters. The summed E-state index contributed by atoms with van der Waals surface area (Å²) in [6.07, 6.45) is 31.7. The average molecular weight is 1220 g/mol. The van der Waals surface area contributed by atoms with E-state index < -0.39 is 5.97 Å². The number of carboxylic acids is 1. The molecule has 10 aromatic heterocycles. The van der Waals surface area contributed by atoms with Gasteiger partial charge in [-0.15, -0.1) is 0 Å². The SMILES string of the molecule is C.CCCc1cc(C2CC2)cn2cc(Cn3cc(C(=O)CCc4ncn5ccc(Br)c(F)c45)cn3)nc12.CCCc1cc(C2CC2)cn2cc(Cn3cc(C(=O)O)cn3)nc12.NCc1ncn2ccc(Br)c(F)c12.O=C=O.O=C=O. The van der Waals surface area contributed by atoms with E-state index in [0.29, 0.717) is 68.3 Å². The summed E-state index contributed by atoms with van der Waals surface area (Å²) in [5.74, 6) is -0.305. The van der Waals surface area contributed by atoms with Crippen LogP contribution in [0.5, 0.6) is 0 Å². The van der Waals surface area contributed by atoms with Crippen LogP contribution in [-0.2, 0) is 58.1 Å². The molecule has 0 aliphatic heterocycles. The van der Waals surface area contributed by atoms with Gasteiger partial charge in [-0.1, -0.05) is 46.2 Å². The summed E-state index contributed by atoms with van der Waals surface area (Å²) < 4.78 is 39.7. The van der Waals surface area contributed by atoms with Crippen LogP contribution in [0.15, 0.2) is 108 Å². The Bertz CT molecular complexity index is 3860. The summed E-state index contributed by atoms with van der Waals surface area (Å²) in [6, 6.07) is 7.90. The van der Waals surface area contributed by atoms with Crippen molar-refractivity contribution in [3.05, 3.63) is 176 Å². The van der Waals surface area contributed by atoms with E-state index in [1.807, 2.05) is 6.20 Å². The molecule has 0 amide bonds. The van der Waals surface area contributed by atoms with E-state index in [9.17, 15) is 18.4 Å². The molecule has 416 valence electrons. The molecule has 20 nitrogen and oxygen atoms in total. The van der Waals surface area contributed by atoms with Crippen LogP contribution in [0.4, 0.5) is 8.78 Å². The number of aromatic nitrogens is 12. The zero-order chi connectivity index (χ0) is 56.3. The summed E-state index contributed by atoms with van der Waals surface area (Å²) in [6.45, 7) is 5.58. The number of carboxylic acid groups (broad SMARTS) is 1. The molecule has 12 rings (SSSR count). The minimum Gasteiger partial charge on any atom is -0.478 e. The van der Waals surface area contributed by atoms with E-state index in [4.69, 9.17) is 40.0 Å². The highest BCUT2D eigenvalue weighted by molar-refractivity contribution is 9.10. The topological polar surface area (TPSA) is 254 Å². The highest BCUT2D eigenvalue weighted by Gasteiger charge is 2.26. The van der Waals surface area contributed by atoms with Gasteiger partial charge in [0, 0.05) is 62.5 Å². The summed E-state index contributed by atoms with van der Waals surface area (Å²) in [5, 5.41) is 17.5. The van der Waals surface area contributed by atoms with E-state index in [2.05, 4.69) is 105 Å². The van der Waals surface area contributed by atoms with Crippen molar-refractivity contribution in [1.29, 1.82) is 0 Å². The molecule has 0 spiro atoms. The van der Waals surface area contributed by atoms with Crippen LogP contribution in [0.3, 0.4) is 0 Å². The first-order valence-corrected chi connectivity index (χ1v) is 26.9. The molecule has 24 heteroatoms. The van der Waals surface area contributed by atoms with Crippen LogP contribution in [0, 0.1) is 11.6 Å². The number of nitrogens with zero attached hydrogens (tertiary/aromatic N) is 12. The van der Waals surface area contributed by atoms with Crippen LogP contribution in [-0.4, -0.2) is 86.3 Å². The number of halogens is 4. The third-order valence-electron chi connectivity index (χ3n) is 13.1. The Hall–Kier alpha value is -8.14. The maximum atomic E-state index is 14.5. The lowest BCUT2D eigenvalue weighted by atomic mass is 10.1. The minimum absolute atomic E-state index is 0. The summed E-state index contributed by atoms with van der Waals surface area (Å²) in [5.41, 5.74) is 17.3. The van der Waals surface area contributed by atoms with Crippen molar-refractivity contribution in [2.75, 3.05) is 0 Å². The Kier molecular flexibility index (Phi) is 20.2. The standard InChI is InChI=1S/C27H26BrFN6O.C18H20N4O2.C8H7BrFN3.2CO2.CH4/c1-2-3-18-10-19(17-4-5-17)12-34-14-21(32-27(18)34)15-35-13-20(11-31-35)24(36)7-6-23-26-25(29)22(28)8-9-33(26)16-30-23;1-2-3-13-6-14(12-4-5-12)8-21-10-16(20-17(13)21)11-22-9-15(7-19-22)18(23)24;9-5-1-2-13-4-12-6(3-11)8(13)7(5)10;2*2-1-3;/h8-14,16-17H,2-7,15H2,1H3;6-10,12H,2-5,11H2,1H3,(H,23,24);1-2,4H,3,11H2;;;1H4. The first-order chi connectivity index (χ1) is 38.2. The molecule has 0 atom stereocenters. The van der Waals surface area contributed by atoms with E-state index in [1.165, 1.54) is 60.3 Å². The van der Waals surface area contributed by atoms with E-state index in [0.717, 1.165) is 48.4 Å². The van der Waals surface area contributed by atoms with Gasteiger partial charge in [0.2, 0.25) is 0 Å². The number of pyridine rings is 4. The van der Waals surface area contributed by atoms with Crippen molar-refractivity contribution in [2.45, 2.75) is 117 Å². The van der Waals surface area contributed by atoms with Gasteiger partial charge in [0.1, 0.15) is 22.3 Å². The molecule has 0 saturated heterocycles. The molecular weight excluding hydrogens is 1160 g/mol. The van der Waals surface area contributed by atoms with E-state index in [1.54, 1.807) is 67.7 Å². The highest BCUT2D eigenvalue weighted by atomic mass is 79.9. The van der Waals surface area contributed by atoms with Crippen molar-refractivity contribution in [2.24, 2.45) is 5.73 Å². The number of hydrogen-bond acceptors (Lipinski definition) is 13. The first-order valence-electron chi connectivity index (χ1n) is 25.3. The Morgan fingerprint density at radius 1 is 0.662 bits per heavy atom. The highest BCUT2D eigenvalue weighted by Crippen LogP contribution is 2.41. The lowest BCUT2D eigenvalue weighted by Gasteiger charge is -2.06. The average Bonchev–Trinajstić information content (AvgIpc) is 4.01. The van der Waals surface area contributed by atoms with Crippen molar-refractivity contribution in [1.82, 2.24) is 57.1 Å². The number of nitrogens with two attached hydrogens (primary N) is 1. The smallest absolute Gasteiger partial charge is 0.373 e. The van der Waals surface area contributed by atoms with Gasteiger partial charge in [0.15, 0.2) is 17.4 Å². The number of fused-ring (bicyclic) bond motifs is 4. The lowest BCUT2D eigenvalue weighted by molar-refractivity contribution is -0.193. The van der Waals surface area contributed by atoms with Gasteiger partial charge in [-0.3, -0.25) is 14.2 Å². The van der Waals surface area contributed by atoms with Gasteiger partial charge in [-0.05, 0) is 123 Å². The Morgan fingerprint density at radius 2 is 1.10 bits per heavy atom. The number of carbonyl (C=O) groups is 2. The number of hydrogen-bond donors (Lipinski definition) is 2. The van der Waals surface area contributed by atoms with Crippen molar-refractivity contribution < 1.29 is 42.7 Å². The molecular formula is C56H57Br2F2N13O7. The van der Waals surface area contributed by atoms with Crippen LogP contribution in [0.1, 0.15) is 144 Å². The van der Waals surface area contributed by atoms with E-state index in [-0.39, 0.29) is 55.7 Å². The third kappa shape index (κ3) is 14.2. The fraction of sp³-hybridized carbons (Fsp3) is 0.321. The number of aromatic carboxylic acids is 1. The monoisotopic (exact) mass is 1220 g/mol. The zero-order valence-corrected chi connectivity index (χ0v) is 46.1. The van der Waals surface area contributed by atoms with Gasteiger partial charge in [0.25, 0.3) is 0 Å². The molecule has 2 fully saturated rings. The van der Waals surface area contributed by atoms with Crippen molar-refractivity contribution in [3.8, 4) is 0 Å². The minimum atomic E-state index is -0.962. The molecule has 10 aromatic rings. The Morgan fingerprint density at radius 3 is 1.52 bits per heavy atom. The summed E-state index contributed by atoms with van der Waals surface area (Å²) >= 11 is 6.32. The lowest BCUT2D eigenvalue weighted by Crippen LogP contribution is -2.03. The van der Waals surface area contributed by atoms with Gasteiger partial charge in [-0.2, -0.15) is 29.4 Å². The second-order valence-corrected chi connectivity index (χ2v) is 20.6. The normalized spacial score (nSPS) is 12.5. The predicted octanol–water partition coefficient (Wildman–Crippen LogP) is 10.0. The van der Waals surface area contributed by atoms with Crippen molar-refractivity contribution >= 4 is 78.2 Å². The maximum Gasteiger partial charge on any atom is 0.373 e. The number of aryl methyl sites for hydroxylation is 3. The number of Topliss-reactive ketones (excluding diaryl/α,β-unsaturated/α-hetero) is 1. The van der Waals surface area contributed by atoms with Gasteiger partial charge >= 0.3 is 18.3 Å². The number of rotatable bonds is 16. The van der Waals surface area contributed by atoms with Crippen LogP contribution < -0.4 is 5.73 Å². The second kappa shape index (κ2) is 27.2. The Labute approximate surface area is 473 Å². The number of ketones is 1. The molecule has 2 aliphatic rings.